The van der Waals surface area contributed by atoms with Gasteiger partial charge in [-0.3, -0.25) is 14.4 Å². The number of nitrogens with two attached hydrogens (primary N) is 1. The van der Waals surface area contributed by atoms with Crippen LogP contribution in [0, 0.1) is 0 Å². The van der Waals surface area contributed by atoms with Crippen molar-refractivity contribution in [1.29, 1.82) is 0 Å². The molecule has 0 aromatic heterocycles. The highest BCUT2D eigenvalue weighted by atomic mass is 16.7. The van der Waals surface area contributed by atoms with Gasteiger partial charge in [-0.15, -0.1) is 0 Å². The van der Waals surface area contributed by atoms with Gasteiger partial charge in [0.25, 0.3) is 0 Å². The fourth-order valence-electron chi connectivity index (χ4n) is 5.96. The van der Waals surface area contributed by atoms with Crippen LogP contribution < -0.4 is 11.1 Å². The molecule has 14 nitrogen and oxygen atoms in total. The minimum Gasteiger partial charge on any atom is -0.507 e. The molecular weight excluding hydrogens is 580 g/mol. The maximum Gasteiger partial charge on any atom is 0.407 e. The zero-order valence-corrected chi connectivity index (χ0v) is 24.1. The number of phenols is 2. The van der Waals surface area contributed by atoms with E-state index in [0.717, 1.165) is 0 Å². The fourth-order valence-corrected chi connectivity index (χ4v) is 5.96. The van der Waals surface area contributed by atoms with E-state index in [0.29, 0.717) is 0 Å². The number of hydrogen-bond acceptors (Lipinski definition) is 13. The van der Waals surface area contributed by atoms with Crippen LogP contribution in [0.5, 0.6) is 11.5 Å². The van der Waals surface area contributed by atoms with Crippen molar-refractivity contribution in [2.24, 2.45) is 5.73 Å². The van der Waals surface area contributed by atoms with E-state index in [9.17, 15) is 39.6 Å². The number of ether oxygens (including phenoxy) is 4. The number of benzene rings is 2. The summed E-state index contributed by atoms with van der Waals surface area (Å²) in [6.07, 6.45) is -5.66. The summed E-state index contributed by atoms with van der Waals surface area (Å²) in [5.74, 6) is -3.14. The second kappa shape index (κ2) is 12.1. The lowest BCUT2D eigenvalue weighted by atomic mass is 9.73. The number of aliphatic hydroxyl groups excluding tert-OH is 1. The molecule has 0 saturated carbocycles. The number of carbonyl (C=O) groups is 4. The van der Waals surface area contributed by atoms with Crippen molar-refractivity contribution in [3.63, 3.8) is 0 Å². The summed E-state index contributed by atoms with van der Waals surface area (Å²) >= 11 is 0. The number of fused-ring (bicyclic) bond motifs is 3. The summed E-state index contributed by atoms with van der Waals surface area (Å²) in [7, 11) is 1.21. The van der Waals surface area contributed by atoms with Crippen molar-refractivity contribution in [1.82, 2.24) is 5.32 Å². The quantitative estimate of drug-likeness (QED) is 0.160. The SMILES string of the molecule is COC(=O)CCNC(=O)OCC1(O)Cc2c(O)c3c(c(O)c2[C@@H](O[C@H]2C[C@H](N)[C@@H](O)[C@@H](C)O2)C1)C(=O)c1ccccc1C3=O. The lowest BCUT2D eigenvalue weighted by Crippen LogP contribution is -2.52. The number of hydrogen-bond donors (Lipinski definition) is 6. The van der Waals surface area contributed by atoms with Gasteiger partial charge in [-0.1, -0.05) is 24.3 Å². The molecule has 236 valence electrons. The van der Waals surface area contributed by atoms with Crippen molar-refractivity contribution in [2.75, 3.05) is 20.3 Å². The molecule has 14 heteroatoms. The number of ketones is 2. The molecule has 2 aromatic rings. The van der Waals surface area contributed by atoms with Gasteiger partial charge in [-0.05, 0) is 6.92 Å². The molecule has 1 aliphatic heterocycles. The zero-order chi connectivity index (χ0) is 31.9. The number of aromatic hydroxyl groups is 2. The first-order chi connectivity index (χ1) is 20.8. The van der Waals surface area contributed by atoms with Crippen molar-refractivity contribution >= 4 is 23.6 Å². The van der Waals surface area contributed by atoms with Crippen LogP contribution in [0.4, 0.5) is 4.79 Å². The summed E-state index contributed by atoms with van der Waals surface area (Å²) in [4.78, 5) is 50.6. The van der Waals surface area contributed by atoms with E-state index in [4.69, 9.17) is 19.9 Å². The number of nitrogens with one attached hydrogen (secondary N) is 1. The summed E-state index contributed by atoms with van der Waals surface area (Å²) in [6, 6.07) is 5.29. The summed E-state index contributed by atoms with van der Waals surface area (Å²) in [6.45, 7) is 0.906. The number of carbonyl (C=O) groups excluding carboxylic acids is 4. The maximum absolute atomic E-state index is 13.5. The molecule has 1 amide bonds. The Hall–Kier alpha value is -4.08. The summed E-state index contributed by atoms with van der Waals surface area (Å²) < 4.78 is 21.7. The Morgan fingerprint density at radius 1 is 1.11 bits per heavy atom. The average molecular weight is 615 g/mol. The first kappa shape index (κ1) is 31.3. The standard InChI is InChI=1S/C30H34N2O12/c1-13-24(34)17(31)9-20(43-13)44-18-11-30(40,12-42-29(39)32-8-7-19(33)41-2)10-16-21(18)28(38)23-22(27(16)37)25(35)14-5-3-4-6-15(14)26(23)36/h3-6,13,17-18,20,24,34,37-38,40H,7-12,31H2,1-2H3,(H,32,39)/t13-,17+,18+,20+,24+,30?/m1/s1. The Kier molecular flexibility index (Phi) is 8.64. The number of phenolic OH excluding ortho intramolecular Hbond substituents is 2. The van der Waals surface area contributed by atoms with E-state index in [-0.39, 0.29) is 48.1 Å². The van der Waals surface area contributed by atoms with E-state index >= 15 is 0 Å². The van der Waals surface area contributed by atoms with Crippen molar-refractivity contribution in [2.45, 2.75) is 68.9 Å². The van der Waals surface area contributed by atoms with Gasteiger partial charge >= 0.3 is 12.1 Å². The molecule has 1 heterocycles. The lowest BCUT2D eigenvalue weighted by molar-refractivity contribution is -0.248. The van der Waals surface area contributed by atoms with Gasteiger partial charge in [-0.25, -0.2) is 4.79 Å². The molecule has 6 atom stereocenters. The van der Waals surface area contributed by atoms with Gasteiger partial charge in [0.05, 0.1) is 43.0 Å². The third kappa shape index (κ3) is 5.74. The van der Waals surface area contributed by atoms with Gasteiger partial charge in [0.1, 0.15) is 23.7 Å². The van der Waals surface area contributed by atoms with Gasteiger partial charge in [0.2, 0.25) is 0 Å². The smallest absolute Gasteiger partial charge is 0.407 e. The third-order valence-corrected chi connectivity index (χ3v) is 8.22. The molecule has 2 aliphatic carbocycles. The van der Waals surface area contributed by atoms with Crippen LogP contribution in [-0.2, 0) is 30.2 Å². The molecule has 7 N–H and O–H groups in total. The van der Waals surface area contributed by atoms with Crippen molar-refractivity contribution < 1.29 is 58.6 Å². The molecule has 0 spiro atoms. The maximum atomic E-state index is 13.5. The Labute approximate surface area is 251 Å². The highest BCUT2D eigenvalue weighted by molar-refractivity contribution is 6.30. The number of rotatable bonds is 7. The predicted octanol–water partition coefficient (Wildman–Crippen LogP) is 0.721. The number of amides is 1. The van der Waals surface area contributed by atoms with E-state index < -0.39 is 95.5 Å². The second-order valence-corrected chi connectivity index (χ2v) is 11.3. The van der Waals surface area contributed by atoms with Crippen LogP contribution in [0.2, 0.25) is 0 Å². The largest absolute Gasteiger partial charge is 0.507 e. The molecule has 44 heavy (non-hydrogen) atoms. The Morgan fingerprint density at radius 3 is 2.36 bits per heavy atom. The monoisotopic (exact) mass is 614 g/mol. The van der Waals surface area contributed by atoms with Crippen LogP contribution in [0.3, 0.4) is 0 Å². The third-order valence-electron chi connectivity index (χ3n) is 8.22. The predicted molar refractivity (Wildman–Crippen MR) is 149 cm³/mol. The molecular formula is C30H34N2O12. The number of methoxy groups -OCH3 is 1. The molecule has 1 unspecified atom stereocenters. The molecule has 5 rings (SSSR count). The molecule has 1 fully saturated rings. The Balaban J connectivity index is 1.50. The van der Waals surface area contributed by atoms with E-state index in [1.54, 1.807) is 19.1 Å². The van der Waals surface area contributed by atoms with Gasteiger partial charge in [0.15, 0.2) is 17.9 Å². The molecule has 0 radical (unpaired) electrons. The second-order valence-electron chi connectivity index (χ2n) is 11.3. The Bertz CT molecular complexity index is 1500. The van der Waals surface area contributed by atoms with Crippen LogP contribution >= 0.6 is 0 Å². The van der Waals surface area contributed by atoms with Crippen LogP contribution in [0.1, 0.15) is 75.3 Å². The van der Waals surface area contributed by atoms with E-state index in [1.807, 2.05) is 0 Å². The molecule has 1 saturated heterocycles. The Morgan fingerprint density at radius 2 is 1.75 bits per heavy atom. The van der Waals surface area contributed by atoms with Crippen LogP contribution in [-0.4, -0.2) is 94.5 Å². The highest BCUT2D eigenvalue weighted by Crippen LogP contribution is 2.51. The topological polar surface area (TPSA) is 224 Å². The summed E-state index contributed by atoms with van der Waals surface area (Å²) in [5.41, 5.74) is 3.34. The van der Waals surface area contributed by atoms with Crippen LogP contribution in [0.15, 0.2) is 24.3 Å². The van der Waals surface area contributed by atoms with Gasteiger partial charge in [-0.2, -0.15) is 0 Å². The average Bonchev–Trinajstić information content (AvgIpc) is 2.99. The van der Waals surface area contributed by atoms with Crippen molar-refractivity contribution in [3.05, 3.63) is 57.6 Å². The van der Waals surface area contributed by atoms with E-state index in [2.05, 4.69) is 10.1 Å². The molecule has 0 bridgehead atoms. The normalized spacial score (nSPS) is 27.5. The lowest BCUT2D eigenvalue weighted by Gasteiger charge is -2.42. The number of alkyl carbamates (subject to hydrolysis) is 1. The zero-order valence-electron chi connectivity index (χ0n) is 24.1. The van der Waals surface area contributed by atoms with Crippen molar-refractivity contribution in [3.8, 4) is 11.5 Å². The highest BCUT2D eigenvalue weighted by Gasteiger charge is 2.48. The summed E-state index contributed by atoms with van der Waals surface area (Å²) in [5, 5.41) is 47.2. The number of aliphatic hydroxyl groups is 2. The van der Waals surface area contributed by atoms with Crippen LogP contribution in [0.25, 0.3) is 0 Å². The molecule has 3 aliphatic rings. The van der Waals surface area contributed by atoms with Gasteiger partial charge < -0.3 is 50.4 Å². The fraction of sp³-hybridized carbons (Fsp3) is 0.467. The molecule has 2 aromatic carbocycles. The first-order valence-corrected chi connectivity index (χ1v) is 14.1. The minimum atomic E-state index is -1.89. The minimum absolute atomic E-state index is 0.0371. The number of esters is 1. The van der Waals surface area contributed by atoms with Gasteiger partial charge in [0, 0.05) is 54.1 Å². The first-order valence-electron chi connectivity index (χ1n) is 14.1. The van der Waals surface area contributed by atoms with E-state index in [1.165, 1.54) is 19.2 Å².